The molecule has 0 saturated heterocycles. The van der Waals surface area contributed by atoms with Crippen LogP contribution in [0, 0.1) is 6.92 Å². The number of nitrogens with one attached hydrogen (secondary N) is 1. The van der Waals surface area contributed by atoms with Gasteiger partial charge < -0.3 is 15.9 Å². The molecule has 164 valence electrons. The van der Waals surface area contributed by atoms with Crippen molar-refractivity contribution in [3.63, 3.8) is 0 Å². The van der Waals surface area contributed by atoms with Gasteiger partial charge in [-0.2, -0.15) is 0 Å². The van der Waals surface area contributed by atoms with E-state index in [0.717, 1.165) is 29.7 Å². The van der Waals surface area contributed by atoms with Crippen molar-refractivity contribution in [3.05, 3.63) is 35.2 Å². The highest BCUT2D eigenvalue weighted by molar-refractivity contribution is 8.00. The van der Waals surface area contributed by atoms with Crippen LogP contribution in [0.5, 0.6) is 5.75 Å². The number of aryl methyl sites for hydroxylation is 1. The standard InChI is InChI=1S/C22H33N5O2S/c1-14(2)18-11-10-15(3)12-19(18)29-13-20-25-26-22(27(20)23)30-16(4)21(28)24-17-8-6-5-7-9-17/h10-12,14,16-17H,5-9,13,23H2,1-4H3,(H,24,28). The van der Waals surface area contributed by atoms with Crippen LogP contribution in [-0.2, 0) is 11.4 Å². The molecule has 1 amide bonds. The monoisotopic (exact) mass is 431 g/mol. The van der Waals surface area contributed by atoms with Crippen molar-refractivity contribution in [3.8, 4) is 5.75 Å². The summed E-state index contributed by atoms with van der Waals surface area (Å²) in [6.45, 7) is 8.40. The van der Waals surface area contributed by atoms with E-state index in [0.29, 0.717) is 22.9 Å². The highest BCUT2D eigenvalue weighted by Crippen LogP contribution is 2.28. The minimum Gasteiger partial charge on any atom is -0.485 e. The smallest absolute Gasteiger partial charge is 0.233 e. The number of thioether (sulfide) groups is 1. The van der Waals surface area contributed by atoms with Crippen LogP contribution in [0.1, 0.15) is 75.7 Å². The molecule has 1 aromatic carbocycles. The maximum atomic E-state index is 12.5. The normalized spacial score (nSPS) is 15.9. The van der Waals surface area contributed by atoms with Gasteiger partial charge in [0.05, 0.1) is 5.25 Å². The lowest BCUT2D eigenvalue weighted by Crippen LogP contribution is -2.40. The van der Waals surface area contributed by atoms with Crippen LogP contribution in [0.25, 0.3) is 0 Å². The molecular formula is C22H33N5O2S. The van der Waals surface area contributed by atoms with Gasteiger partial charge in [-0.15, -0.1) is 10.2 Å². The highest BCUT2D eigenvalue weighted by Gasteiger charge is 2.23. The van der Waals surface area contributed by atoms with E-state index in [1.54, 1.807) is 0 Å². The van der Waals surface area contributed by atoms with Crippen LogP contribution >= 0.6 is 11.8 Å². The molecule has 7 nitrogen and oxygen atoms in total. The molecule has 1 atom stereocenters. The largest absolute Gasteiger partial charge is 0.485 e. The van der Waals surface area contributed by atoms with Crippen molar-refractivity contribution in [2.24, 2.45) is 0 Å². The Kier molecular flexibility index (Phi) is 7.64. The molecule has 0 spiro atoms. The van der Waals surface area contributed by atoms with Crippen molar-refractivity contribution in [1.29, 1.82) is 0 Å². The number of benzene rings is 1. The van der Waals surface area contributed by atoms with Gasteiger partial charge in [0.2, 0.25) is 11.1 Å². The third kappa shape index (κ3) is 5.68. The molecule has 1 fully saturated rings. The fraction of sp³-hybridized carbons (Fsp3) is 0.591. The lowest BCUT2D eigenvalue weighted by atomic mass is 9.95. The summed E-state index contributed by atoms with van der Waals surface area (Å²) in [5.74, 6) is 7.92. The molecule has 3 rings (SSSR count). The summed E-state index contributed by atoms with van der Waals surface area (Å²) in [6, 6.07) is 6.50. The topological polar surface area (TPSA) is 95.1 Å². The quantitative estimate of drug-likeness (QED) is 0.486. The van der Waals surface area contributed by atoms with Crippen molar-refractivity contribution >= 4 is 17.7 Å². The fourth-order valence-corrected chi connectivity index (χ4v) is 4.45. The average molecular weight is 432 g/mol. The van der Waals surface area contributed by atoms with Gasteiger partial charge >= 0.3 is 0 Å². The van der Waals surface area contributed by atoms with Crippen LogP contribution in [0.2, 0.25) is 0 Å². The second-order valence-corrected chi connectivity index (χ2v) is 9.67. The van der Waals surface area contributed by atoms with Gasteiger partial charge in [0.15, 0.2) is 5.82 Å². The zero-order chi connectivity index (χ0) is 21.7. The summed E-state index contributed by atoms with van der Waals surface area (Å²) in [5.41, 5.74) is 2.28. The third-order valence-electron chi connectivity index (χ3n) is 5.49. The molecule has 1 aliphatic carbocycles. The van der Waals surface area contributed by atoms with E-state index in [4.69, 9.17) is 10.6 Å². The van der Waals surface area contributed by atoms with Gasteiger partial charge in [0.1, 0.15) is 12.4 Å². The number of carbonyl (C=O) groups excluding carboxylic acids is 1. The molecule has 30 heavy (non-hydrogen) atoms. The number of ether oxygens (including phenoxy) is 1. The van der Waals surface area contributed by atoms with E-state index in [9.17, 15) is 4.79 Å². The number of nitrogen functional groups attached to an aromatic ring is 1. The maximum absolute atomic E-state index is 12.5. The Labute approximate surface area is 183 Å². The lowest BCUT2D eigenvalue weighted by molar-refractivity contribution is -0.121. The molecule has 2 aromatic rings. The number of nitrogens with zero attached hydrogens (tertiary/aromatic N) is 3. The summed E-state index contributed by atoms with van der Waals surface area (Å²) >= 11 is 1.32. The zero-order valence-electron chi connectivity index (χ0n) is 18.4. The van der Waals surface area contributed by atoms with Crippen LogP contribution in [0.15, 0.2) is 23.4 Å². The molecule has 0 radical (unpaired) electrons. The molecule has 1 aliphatic rings. The average Bonchev–Trinajstić information content (AvgIpc) is 3.06. The molecule has 3 N–H and O–H groups in total. The SMILES string of the molecule is Cc1ccc(C(C)C)c(OCc2nnc(SC(C)C(=O)NC3CCCCC3)n2N)c1. The van der Waals surface area contributed by atoms with Crippen LogP contribution < -0.4 is 15.9 Å². The zero-order valence-corrected chi connectivity index (χ0v) is 19.2. The highest BCUT2D eigenvalue weighted by atomic mass is 32.2. The predicted octanol–water partition coefficient (Wildman–Crippen LogP) is 3.93. The first kappa shape index (κ1) is 22.5. The molecule has 1 unspecified atom stereocenters. The molecule has 0 aliphatic heterocycles. The molecule has 1 saturated carbocycles. The predicted molar refractivity (Wildman–Crippen MR) is 120 cm³/mol. The summed E-state index contributed by atoms with van der Waals surface area (Å²) in [6.07, 6.45) is 5.77. The Balaban J connectivity index is 1.59. The number of carbonyl (C=O) groups is 1. The first-order valence-corrected chi connectivity index (χ1v) is 11.6. The maximum Gasteiger partial charge on any atom is 0.233 e. The third-order valence-corrected chi connectivity index (χ3v) is 6.54. The lowest BCUT2D eigenvalue weighted by Gasteiger charge is -2.24. The van der Waals surface area contributed by atoms with E-state index in [1.165, 1.54) is 35.7 Å². The molecule has 1 aromatic heterocycles. The summed E-state index contributed by atoms with van der Waals surface area (Å²) in [7, 11) is 0. The van der Waals surface area contributed by atoms with E-state index in [2.05, 4.69) is 41.5 Å². The van der Waals surface area contributed by atoms with E-state index in [1.807, 2.05) is 19.9 Å². The summed E-state index contributed by atoms with van der Waals surface area (Å²) in [4.78, 5) is 12.5. The van der Waals surface area contributed by atoms with Crippen LogP contribution in [-0.4, -0.2) is 32.1 Å². The molecular weight excluding hydrogens is 398 g/mol. The number of hydrogen-bond acceptors (Lipinski definition) is 6. The number of rotatable bonds is 8. The van der Waals surface area contributed by atoms with Crippen LogP contribution in [0.3, 0.4) is 0 Å². The van der Waals surface area contributed by atoms with E-state index < -0.39 is 0 Å². The molecule has 0 bridgehead atoms. The van der Waals surface area contributed by atoms with Crippen molar-refractivity contribution in [1.82, 2.24) is 20.2 Å². The van der Waals surface area contributed by atoms with Gasteiger partial charge in [-0.1, -0.05) is 57.0 Å². The summed E-state index contributed by atoms with van der Waals surface area (Å²) < 4.78 is 7.44. The Morgan fingerprint density at radius 1 is 1.27 bits per heavy atom. The number of amides is 1. The Bertz CT molecular complexity index is 861. The fourth-order valence-electron chi connectivity index (χ4n) is 3.65. The number of aromatic nitrogens is 3. The molecule has 1 heterocycles. The second kappa shape index (κ2) is 10.2. The van der Waals surface area contributed by atoms with Crippen molar-refractivity contribution in [2.75, 3.05) is 5.84 Å². The van der Waals surface area contributed by atoms with Gasteiger partial charge in [-0.3, -0.25) is 4.79 Å². The first-order chi connectivity index (χ1) is 14.3. The van der Waals surface area contributed by atoms with Crippen molar-refractivity contribution in [2.45, 2.75) is 88.8 Å². The van der Waals surface area contributed by atoms with E-state index in [-0.39, 0.29) is 17.8 Å². The first-order valence-electron chi connectivity index (χ1n) is 10.7. The Morgan fingerprint density at radius 3 is 2.70 bits per heavy atom. The van der Waals surface area contributed by atoms with Gasteiger partial charge in [0.25, 0.3) is 0 Å². The number of hydrogen-bond donors (Lipinski definition) is 2. The summed E-state index contributed by atoms with van der Waals surface area (Å²) in [5, 5.41) is 11.7. The minimum absolute atomic E-state index is 0.0223. The van der Waals surface area contributed by atoms with Crippen molar-refractivity contribution < 1.29 is 9.53 Å². The number of nitrogens with two attached hydrogens (primary N) is 1. The Morgan fingerprint density at radius 2 is 2.00 bits per heavy atom. The van der Waals surface area contributed by atoms with Gasteiger partial charge in [-0.05, 0) is 49.8 Å². The second-order valence-electron chi connectivity index (χ2n) is 8.36. The molecule has 8 heteroatoms. The van der Waals surface area contributed by atoms with E-state index >= 15 is 0 Å². The van der Waals surface area contributed by atoms with Gasteiger partial charge in [-0.25, -0.2) is 4.68 Å². The minimum atomic E-state index is -0.295. The van der Waals surface area contributed by atoms with Crippen LogP contribution in [0.4, 0.5) is 0 Å². The Hall–Kier alpha value is -2.22. The van der Waals surface area contributed by atoms with Gasteiger partial charge in [0, 0.05) is 6.04 Å².